The highest BCUT2D eigenvalue weighted by Crippen LogP contribution is 2.19. The van der Waals surface area contributed by atoms with Gasteiger partial charge in [0.05, 0.1) is 23.8 Å². The van der Waals surface area contributed by atoms with Gasteiger partial charge in [-0.05, 0) is 43.3 Å². The number of nitriles is 1. The molecule has 0 saturated carbocycles. The summed E-state index contributed by atoms with van der Waals surface area (Å²) in [5.41, 5.74) is 1.24. The zero-order valence-corrected chi connectivity index (χ0v) is 12.4. The van der Waals surface area contributed by atoms with Crippen molar-refractivity contribution in [2.75, 3.05) is 11.9 Å². The first-order valence-corrected chi connectivity index (χ1v) is 6.88. The maximum Gasteiger partial charge on any atom is 0.411 e. The quantitative estimate of drug-likeness (QED) is 0.691. The summed E-state index contributed by atoms with van der Waals surface area (Å²) in [6.45, 7) is 1.97. The van der Waals surface area contributed by atoms with Gasteiger partial charge in [0, 0.05) is 11.8 Å². The van der Waals surface area contributed by atoms with E-state index in [0.29, 0.717) is 16.8 Å². The Morgan fingerprint density at radius 2 is 1.91 bits per heavy atom. The lowest BCUT2D eigenvalue weighted by Gasteiger charge is -2.08. The summed E-state index contributed by atoms with van der Waals surface area (Å²) in [5, 5.41) is 11.3. The number of nitrogens with zero attached hydrogens (tertiary/aromatic N) is 1. The van der Waals surface area contributed by atoms with Crippen LogP contribution >= 0.6 is 0 Å². The van der Waals surface area contributed by atoms with Crippen LogP contribution in [0.4, 0.5) is 10.5 Å². The number of ether oxygens (including phenoxy) is 2. The van der Waals surface area contributed by atoms with Crippen molar-refractivity contribution in [1.82, 2.24) is 0 Å². The number of anilines is 1. The number of carbonyl (C=O) groups is 2. The Kier molecular flexibility index (Phi) is 5.31. The Morgan fingerprint density at radius 3 is 2.57 bits per heavy atom. The first-order valence-electron chi connectivity index (χ1n) is 6.88. The molecule has 0 spiro atoms. The molecule has 0 bridgehead atoms. The molecule has 0 heterocycles. The molecule has 0 atom stereocenters. The number of rotatable bonds is 4. The second-order valence-corrected chi connectivity index (χ2v) is 4.45. The highest BCUT2D eigenvalue weighted by molar-refractivity contribution is 5.91. The molecule has 0 saturated heterocycles. The topological polar surface area (TPSA) is 88.4 Å². The molecular weight excluding hydrogens is 296 g/mol. The van der Waals surface area contributed by atoms with E-state index in [1.165, 1.54) is 30.3 Å². The van der Waals surface area contributed by atoms with Gasteiger partial charge in [-0.2, -0.15) is 5.26 Å². The van der Waals surface area contributed by atoms with Crippen LogP contribution in [0.25, 0.3) is 0 Å². The maximum atomic E-state index is 12.0. The Bertz CT molecular complexity index is 748. The average molecular weight is 310 g/mol. The number of benzene rings is 2. The predicted octanol–water partition coefficient (Wildman–Crippen LogP) is 3.35. The van der Waals surface area contributed by atoms with E-state index < -0.39 is 12.1 Å². The normalized spacial score (nSPS) is 9.57. The van der Waals surface area contributed by atoms with Crippen LogP contribution in [0.1, 0.15) is 22.8 Å². The molecule has 0 aliphatic heterocycles. The van der Waals surface area contributed by atoms with Gasteiger partial charge in [-0.15, -0.1) is 0 Å². The smallest absolute Gasteiger partial charge is 0.411 e. The summed E-state index contributed by atoms with van der Waals surface area (Å²) >= 11 is 0. The van der Waals surface area contributed by atoms with Gasteiger partial charge in [0.1, 0.15) is 5.75 Å². The van der Waals surface area contributed by atoms with E-state index in [-0.39, 0.29) is 12.4 Å². The minimum Gasteiger partial charge on any atom is -0.450 e. The molecule has 0 fully saturated rings. The van der Waals surface area contributed by atoms with E-state index in [9.17, 15) is 9.59 Å². The van der Waals surface area contributed by atoms with Crippen molar-refractivity contribution in [3.05, 3.63) is 59.7 Å². The van der Waals surface area contributed by atoms with Crippen LogP contribution in [0.5, 0.6) is 5.75 Å². The van der Waals surface area contributed by atoms with Gasteiger partial charge in [0.15, 0.2) is 0 Å². The summed E-state index contributed by atoms with van der Waals surface area (Å²) in [6.07, 6.45) is -0.580. The summed E-state index contributed by atoms with van der Waals surface area (Å²) in [7, 11) is 0. The van der Waals surface area contributed by atoms with E-state index >= 15 is 0 Å². The molecule has 0 aromatic heterocycles. The molecule has 6 nitrogen and oxygen atoms in total. The molecule has 1 N–H and O–H groups in total. The first-order chi connectivity index (χ1) is 11.1. The van der Waals surface area contributed by atoms with Crippen LogP contribution in [0, 0.1) is 11.3 Å². The lowest BCUT2D eigenvalue weighted by molar-refractivity contribution is 0.0735. The Morgan fingerprint density at radius 1 is 1.17 bits per heavy atom. The molecular formula is C17H14N2O4. The second-order valence-electron chi connectivity index (χ2n) is 4.45. The van der Waals surface area contributed by atoms with Gasteiger partial charge in [-0.25, -0.2) is 9.59 Å². The minimum absolute atomic E-state index is 0.263. The van der Waals surface area contributed by atoms with Gasteiger partial charge in [-0.3, -0.25) is 5.32 Å². The molecule has 0 aliphatic carbocycles. The third-order valence-corrected chi connectivity index (χ3v) is 2.82. The standard InChI is InChI=1S/C17H14N2O4/c1-2-22-17(21)19-14-4-3-5-15(10-14)23-16(20)13-8-6-12(11-18)7-9-13/h3-10H,2H2,1H3,(H,19,21). The van der Waals surface area contributed by atoms with Crippen molar-refractivity contribution in [2.24, 2.45) is 0 Å². The van der Waals surface area contributed by atoms with Crippen molar-refractivity contribution in [3.63, 3.8) is 0 Å². The number of amides is 1. The van der Waals surface area contributed by atoms with Crippen LogP contribution < -0.4 is 10.1 Å². The van der Waals surface area contributed by atoms with E-state index in [2.05, 4.69) is 5.32 Å². The predicted molar refractivity (Wildman–Crippen MR) is 83.2 cm³/mol. The van der Waals surface area contributed by atoms with E-state index in [1.807, 2.05) is 6.07 Å². The first kappa shape index (κ1) is 16.0. The fraction of sp³-hybridized carbons (Fsp3) is 0.118. The SMILES string of the molecule is CCOC(=O)Nc1cccc(OC(=O)c2ccc(C#N)cc2)c1. The molecule has 2 rings (SSSR count). The minimum atomic E-state index is -0.580. The van der Waals surface area contributed by atoms with Crippen LogP contribution in [-0.2, 0) is 4.74 Å². The molecule has 0 radical (unpaired) electrons. The van der Waals surface area contributed by atoms with Crippen molar-refractivity contribution < 1.29 is 19.1 Å². The summed E-state index contributed by atoms with van der Waals surface area (Å²) in [5.74, 6) is -0.267. The largest absolute Gasteiger partial charge is 0.450 e. The monoisotopic (exact) mass is 310 g/mol. The van der Waals surface area contributed by atoms with Gasteiger partial charge < -0.3 is 9.47 Å². The van der Waals surface area contributed by atoms with Gasteiger partial charge >= 0.3 is 12.1 Å². The van der Waals surface area contributed by atoms with Crippen LogP contribution in [-0.4, -0.2) is 18.7 Å². The number of nitrogens with one attached hydrogen (secondary N) is 1. The zero-order valence-electron chi connectivity index (χ0n) is 12.4. The molecule has 2 aromatic rings. The molecule has 0 aliphatic rings. The summed E-state index contributed by atoms with van der Waals surface area (Å²) < 4.78 is 10.0. The van der Waals surface area contributed by atoms with Gasteiger partial charge in [0.25, 0.3) is 0 Å². The zero-order chi connectivity index (χ0) is 16.7. The van der Waals surface area contributed by atoms with Gasteiger partial charge in [0.2, 0.25) is 0 Å². The fourth-order valence-electron chi connectivity index (χ4n) is 1.77. The Hall–Kier alpha value is -3.33. The molecule has 6 heteroatoms. The van der Waals surface area contributed by atoms with E-state index in [4.69, 9.17) is 14.7 Å². The molecule has 2 aromatic carbocycles. The van der Waals surface area contributed by atoms with Crippen LogP contribution in [0.2, 0.25) is 0 Å². The number of esters is 1. The highest BCUT2D eigenvalue weighted by Gasteiger charge is 2.10. The summed E-state index contributed by atoms with van der Waals surface area (Å²) in [4.78, 5) is 23.4. The number of hydrogen-bond acceptors (Lipinski definition) is 5. The van der Waals surface area contributed by atoms with E-state index in [1.54, 1.807) is 25.1 Å². The van der Waals surface area contributed by atoms with Crippen LogP contribution in [0.15, 0.2) is 48.5 Å². The highest BCUT2D eigenvalue weighted by atomic mass is 16.5. The van der Waals surface area contributed by atoms with Crippen LogP contribution in [0.3, 0.4) is 0 Å². The summed E-state index contributed by atoms with van der Waals surface area (Å²) in [6, 6.07) is 14.5. The van der Waals surface area contributed by atoms with Gasteiger partial charge in [-0.1, -0.05) is 6.07 Å². The van der Waals surface area contributed by atoms with Crippen molar-refractivity contribution in [1.29, 1.82) is 5.26 Å². The maximum absolute atomic E-state index is 12.0. The Labute approximate surface area is 133 Å². The number of carbonyl (C=O) groups excluding carboxylic acids is 2. The fourth-order valence-corrected chi connectivity index (χ4v) is 1.77. The van der Waals surface area contributed by atoms with E-state index in [0.717, 1.165) is 0 Å². The average Bonchev–Trinajstić information content (AvgIpc) is 2.55. The molecule has 116 valence electrons. The Balaban J connectivity index is 2.05. The lowest BCUT2D eigenvalue weighted by Crippen LogP contribution is -2.13. The molecule has 23 heavy (non-hydrogen) atoms. The molecule has 1 amide bonds. The lowest BCUT2D eigenvalue weighted by atomic mass is 10.1. The molecule has 0 unspecified atom stereocenters. The second kappa shape index (κ2) is 7.61. The third-order valence-electron chi connectivity index (χ3n) is 2.82. The van der Waals surface area contributed by atoms with Crippen molar-refractivity contribution in [2.45, 2.75) is 6.92 Å². The third kappa shape index (κ3) is 4.58. The number of hydrogen-bond donors (Lipinski definition) is 1. The van der Waals surface area contributed by atoms with Crippen molar-refractivity contribution in [3.8, 4) is 11.8 Å². The van der Waals surface area contributed by atoms with Crippen molar-refractivity contribution >= 4 is 17.7 Å².